The van der Waals surface area contributed by atoms with Gasteiger partial charge < -0.3 is 5.11 Å². The maximum absolute atomic E-state index is 13.7. The molecule has 0 aliphatic carbocycles. The van der Waals surface area contributed by atoms with Crippen molar-refractivity contribution in [2.75, 3.05) is 4.90 Å². The lowest BCUT2D eigenvalue weighted by Crippen LogP contribution is -2.29. The van der Waals surface area contributed by atoms with E-state index in [4.69, 9.17) is 0 Å². The molecule has 5 nitrogen and oxygen atoms in total. The molecule has 1 fully saturated rings. The van der Waals surface area contributed by atoms with Gasteiger partial charge in [0.1, 0.15) is 11.6 Å². The Morgan fingerprint density at radius 2 is 1.76 bits per heavy atom. The van der Waals surface area contributed by atoms with Crippen LogP contribution in [0.5, 0.6) is 0 Å². The van der Waals surface area contributed by atoms with Gasteiger partial charge in [0.25, 0.3) is 5.78 Å². The zero-order valence-electron chi connectivity index (χ0n) is 17.3. The average molecular weight is 523 g/mol. The van der Waals surface area contributed by atoms with Gasteiger partial charge in [-0.05, 0) is 42.8 Å². The Labute approximate surface area is 200 Å². The second-order valence-electron chi connectivity index (χ2n) is 7.70. The van der Waals surface area contributed by atoms with Crippen LogP contribution in [0.2, 0.25) is 0 Å². The lowest BCUT2D eigenvalue weighted by Gasteiger charge is -2.23. The maximum atomic E-state index is 13.7. The molecule has 1 amide bonds. The third-order valence-electron chi connectivity index (χ3n) is 5.50. The molecule has 1 atom stereocenters. The molecule has 1 aliphatic rings. The molecule has 0 spiro atoms. The fourth-order valence-corrected chi connectivity index (χ4v) is 5.13. The van der Waals surface area contributed by atoms with E-state index in [2.05, 4.69) is 20.9 Å². The van der Waals surface area contributed by atoms with Gasteiger partial charge >= 0.3 is 5.91 Å². The standard InChI is InChI=1S/C25H16BrFN2O3S/c1-13-2-4-15(5-3-13)22(30)20-21(14-6-8-16(26)9-7-14)29(24(32)23(20)31)25-28-18-11-10-17(27)12-19(18)33-25/h2-12,21,30H,1H3/b22-20+. The molecule has 8 heteroatoms. The van der Waals surface area contributed by atoms with Crippen molar-refractivity contribution in [1.29, 1.82) is 0 Å². The first kappa shape index (κ1) is 21.5. The normalized spacial score (nSPS) is 17.8. The Morgan fingerprint density at radius 1 is 1.06 bits per heavy atom. The van der Waals surface area contributed by atoms with Gasteiger partial charge in [0.05, 0.1) is 21.8 Å². The SMILES string of the molecule is Cc1ccc(/C(O)=C2\C(=O)C(=O)N(c3nc4ccc(F)cc4s3)C2c2ccc(Br)cc2)cc1. The number of rotatable bonds is 3. The summed E-state index contributed by atoms with van der Waals surface area (Å²) < 4.78 is 15.1. The zero-order chi connectivity index (χ0) is 23.3. The highest BCUT2D eigenvalue weighted by atomic mass is 79.9. The number of carbonyl (C=O) groups excluding carboxylic acids is 2. The summed E-state index contributed by atoms with van der Waals surface area (Å²) in [4.78, 5) is 32.2. The highest BCUT2D eigenvalue weighted by Crippen LogP contribution is 2.44. The summed E-state index contributed by atoms with van der Waals surface area (Å²) in [6.45, 7) is 1.92. The van der Waals surface area contributed by atoms with E-state index >= 15 is 0 Å². The second kappa shape index (κ2) is 8.20. The van der Waals surface area contributed by atoms with Gasteiger partial charge in [0.2, 0.25) is 0 Å². The van der Waals surface area contributed by atoms with Crippen LogP contribution in [-0.4, -0.2) is 21.8 Å². The number of anilines is 1. The molecule has 3 aromatic carbocycles. The number of thiazole rings is 1. The van der Waals surface area contributed by atoms with E-state index in [0.717, 1.165) is 21.4 Å². The van der Waals surface area contributed by atoms with Crippen LogP contribution in [-0.2, 0) is 9.59 Å². The molecule has 4 aromatic rings. The lowest BCUT2D eigenvalue weighted by atomic mass is 9.95. The third-order valence-corrected chi connectivity index (χ3v) is 7.05. The van der Waals surface area contributed by atoms with Gasteiger partial charge in [0, 0.05) is 10.0 Å². The Bertz CT molecular complexity index is 1450. The number of hydrogen-bond donors (Lipinski definition) is 1. The number of Topliss-reactive ketones (excluding diaryl/α,β-unsaturated/α-hetero) is 1. The van der Waals surface area contributed by atoms with Crippen LogP contribution < -0.4 is 4.90 Å². The molecule has 0 saturated carbocycles. The number of aliphatic hydroxyl groups is 1. The first-order chi connectivity index (χ1) is 15.8. The van der Waals surface area contributed by atoms with Crippen molar-refractivity contribution >= 4 is 60.1 Å². The van der Waals surface area contributed by atoms with Gasteiger partial charge in [-0.2, -0.15) is 0 Å². The minimum Gasteiger partial charge on any atom is -0.507 e. The van der Waals surface area contributed by atoms with Crippen LogP contribution in [0.1, 0.15) is 22.7 Å². The minimum absolute atomic E-state index is 0.0170. The highest BCUT2D eigenvalue weighted by molar-refractivity contribution is 9.10. The number of carbonyl (C=O) groups is 2. The highest BCUT2D eigenvalue weighted by Gasteiger charge is 2.48. The van der Waals surface area contributed by atoms with E-state index < -0.39 is 23.5 Å². The molecular weight excluding hydrogens is 507 g/mol. The molecule has 2 heterocycles. The fraction of sp³-hybridized carbons (Fsp3) is 0.0800. The molecule has 0 radical (unpaired) electrons. The van der Waals surface area contributed by atoms with Gasteiger partial charge in [-0.15, -0.1) is 0 Å². The number of fused-ring (bicyclic) bond motifs is 1. The second-order valence-corrected chi connectivity index (χ2v) is 9.62. The maximum Gasteiger partial charge on any atom is 0.301 e. The zero-order valence-corrected chi connectivity index (χ0v) is 19.7. The summed E-state index contributed by atoms with van der Waals surface area (Å²) in [6.07, 6.45) is 0. The Kier molecular flexibility index (Phi) is 5.34. The molecule has 5 rings (SSSR count). The smallest absolute Gasteiger partial charge is 0.301 e. The molecule has 1 unspecified atom stereocenters. The van der Waals surface area contributed by atoms with Crippen LogP contribution in [0.3, 0.4) is 0 Å². The van der Waals surface area contributed by atoms with E-state index in [-0.39, 0.29) is 16.5 Å². The third kappa shape index (κ3) is 3.75. The van der Waals surface area contributed by atoms with Crippen LogP contribution in [0.25, 0.3) is 16.0 Å². The monoisotopic (exact) mass is 522 g/mol. The van der Waals surface area contributed by atoms with Gasteiger partial charge in [-0.1, -0.05) is 69.2 Å². The van der Waals surface area contributed by atoms with Crippen molar-refractivity contribution in [3.63, 3.8) is 0 Å². The molecule has 164 valence electrons. The number of benzene rings is 3. The number of ketones is 1. The van der Waals surface area contributed by atoms with Crippen LogP contribution in [0, 0.1) is 12.7 Å². The summed E-state index contributed by atoms with van der Waals surface area (Å²) in [5, 5.41) is 11.4. The number of aromatic nitrogens is 1. The van der Waals surface area contributed by atoms with Crippen molar-refractivity contribution < 1.29 is 19.1 Å². The summed E-state index contributed by atoms with van der Waals surface area (Å²) in [5.74, 6) is -2.26. The molecule has 33 heavy (non-hydrogen) atoms. The van der Waals surface area contributed by atoms with Crippen LogP contribution >= 0.6 is 27.3 Å². The predicted molar refractivity (Wildman–Crippen MR) is 130 cm³/mol. The number of aryl methyl sites for hydroxylation is 1. The number of amides is 1. The predicted octanol–water partition coefficient (Wildman–Crippen LogP) is 6.13. The topological polar surface area (TPSA) is 70.5 Å². The summed E-state index contributed by atoms with van der Waals surface area (Å²) in [7, 11) is 0. The summed E-state index contributed by atoms with van der Waals surface area (Å²) >= 11 is 4.52. The number of hydrogen-bond acceptors (Lipinski definition) is 5. The van der Waals surface area contributed by atoms with Crippen molar-refractivity contribution in [3.8, 4) is 0 Å². The molecule has 0 bridgehead atoms. The van der Waals surface area contributed by atoms with Gasteiger partial charge in [-0.3, -0.25) is 14.5 Å². The number of halogens is 2. The fourth-order valence-electron chi connectivity index (χ4n) is 3.85. The van der Waals surface area contributed by atoms with E-state index in [1.54, 1.807) is 36.4 Å². The van der Waals surface area contributed by atoms with E-state index in [9.17, 15) is 19.1 Å². The Hall–Kier alpha value is -3.36. The average Bonchev–Trinajstić information content (AvgIpc) is 3.32. The van der Waals surface area contributed by atoms with E-state index in [0.29, 0.717) is 21.3 Å². The van der Waals surface area contributed by atoms with Gasteiger partial charge in [0.15, 0.2) is 5.13 Å². The van der Waals surface area contributed by atoms with Crippen LogP contribution in [0.15, 0.2) is 76.8 Å². The summed E-state index contributed by atoms with van der Waals surface area (Å²) in [5.41, 5.74) is 2.57. The van der Waals surface area contributed by atoms with Crippen molar-refractivity contribution in [3.05, 3.63) is 99.3 Å². The number of aliphatic hydroxyl groups excluding tert-OH is 1. The molecule has 1 N–H and O–H groups in total. The Morgan fingerprint density at radius 3 is 2.45 bits per heavy atom. The Balaban J connectivity index is 1.73. The molecule has 1 aromatic heterocycles. The van der Waals surface area contributed by atoms with Crippen molar-refractivity contribution in [2.24, 2.45) is 0 Å². The number of nitrogens with zero attached hydrogens (tertiary/aromatic N) is 2. The quantitative estimate of drug-likeness (QED) is 0.199. The lowest BCUT2D eigenvalue weighted by molar-refractivity contribution is -0.132. The van der Waals surface area contributed by atoms with E-state index in [1.165, 1.54) is 23.1 Å². The molecular formula is C25H16BrFN2O3S. The minimum atomic E-state index is -0.884. The first-order valence-electron chi connectivity index (χ1n) is 10.0. The van der Waals surface area contributed by atoms with Gasteiger partial charge in [-0.25, -0.2) is 9.37 Å². The largest absolute Gasteiger partial charge is 0.507 e. The van der Waals surface area contributed by atoms with Crippen molar-refractivity contribution in [1.82, 2.24) is 4.98 Å². The molecule has 1 aliphatic heterocycles. The van der Waals surface area contributed by atoms with Crippen LogP contribution in [0.4, 0.5) is 9.52 Å². The first-order valence-corrected chi connectivity index (χ1v) is 11.6. The van der Waals surface area contributed by atoms with E-state index in [1.807, 2.05) is 19.1 Å². The van der Waals surface area contributed by atoms with Crippen molar-refractivity contribution in [2.45, 2.75) is 13.0 Å². The molecule has 1 saturated heterocycles. The summed E-state index contributed by atoms with van der Waals surface area (Å²) in [6, 6.07) is 17.5.